The molecule has 1 unspecified atom stereocenters. The molecule has 106 valence electrons. The molecule has 0 fully saturated rings. The number of rotatable bonds is 2. The minimum Gasteiger partial charge on any atom is -0.206 e. The van der Waals surface area contributed by atoms with Crippen molar-refractivity contribution in [2.45, 2.75) is 12.3 Å². The van der Waals surface area contributed by atoms with Crippen molar-refractivity contribution in [1.82, 2.24) is 0 Å². The van der Waals surface area contributed by atoms with Crippen molar-refractivity contribution in [2.24, 2.45) is 0 Å². The van der Waals surface area contributed by atoms with Crippen LogP contribution in [0, 0.1) is 12.7 Å². The molecule has 1 atom stereocenters. The Morgan fingerprint density at radius 2 is 1.67 bits per heavy atom. The predicted molar refractivity (Wildman–Crippen MR) is 87.8 cm³/mol. The lowest BCUT2D eigenvalue weighted by Crippen LogP contribution is -1.96. The molecule has 0 saturated heterocycles. The second-order valence-electron chi connectivity index (χ2n) is 5.05. The summed E-state index contributed by atoms with van der Waals surface area (Å²) in [5.74, 6) is -0.231. The van der Waals surface area contributed by atoms with E-state index in [9.17, 15) is 4.39 Å². The lowest BCUT2D eigenvalue weighted by Gasteiger charge is -2.15. The van der Waals surface area contributed by atoms with Crippen LogP contribution in [0.2, 0.25) is 5.02 Å². The van der Waals surface area contributed by atoms with Crippen molar-refractivity contribution in [1.29, 1.82) is 0 Å². The molecule has 3 aromatic carbocycles. The third-order valence-electron chi connectivity index (χ3n) is 3.65. The van der Waals surface area contributed by atoms with Gasteiger partial charge in [-0.15, -0.1) is 11.6 Å². The fraction of sp³-hybridized carbons (Fsp3) is 0.111. The van der Waals surface area contributed by atoms with E-state index in [4.69, 9.17) is 23.2 Å². The highest BCUT2D eigenvalue weighted by Crippen LogP contribution is 2.35. The topological polar surface area (TPSA) is 0 Å². The molecule has 3 heteroatoms. The molecule has 0 aliphatic carbocycles. The Morgan fingerprint density at radius 1 is 0.952 bits per heavy atom. The summed E-state index contributed by atoms with van der Waals surface area (Å²) in [5, 5.41) is 1.80. The largest absolute Gasteiger partial charge is 0.206 e. The molecule has 0 radical (unpaired) electrons. The molecule has 0 N–H and O–H groups in total. The number of hydrogen-bond acceptors (Lipinski definition) is 0. The van der Waals surface area contributed by atoms with Crippen LogP contribution in [-0.4, -0.2) is 0 Å². The van der Waals surface area contributed by atoms with Crippen LogP contribution in [0.4, 0.5) is 4.39 Å². The molecule has 0 aliphatic rings. The van der Waals surface area contributed by atoms with Crippen molar-refractivity contribution in [3.05, 3.63) is 82.1 Å². The maximum atomic E-state index is 13.9. The van der Waals surface area contributed by atoms with Crippen molar-refractivity contribution >= 4 is 34.0 Å². The van der Waals surface area contributed by atoms with Gasteiger partial charge in [-0.05, 0) is 41.1 Å². The maximum absolute atomic E-state index is 13.9. The van der Waals surface area contributed by atoms with Crippen molar-refractivity contribution in [2.75, 3.05) is 0 Å². The summed E-state index contributed by atoms with van der Waals surface area (Å²) in [5.41, 5.74) is 2.83. The van der Waals surface area contributed by atoms with Crippen LogP contribution in [0.5, 0.6) is 0 Å². The molecule has 3 rings (SSSR count). The normalized spacial score (nSPS) is 12.6. The summed E-state index contributed by atoms with van der Waals surface area (Å²) in [6, 6.07) is 16.3. The van der Waals surface area contributed by atoms with E-state index in [1.54, 1.807) is 12.1 Å². The van der Waals surface area contributed by atoms with Gasteiger partial charge in [-0.2, -0.15) is 0 Å². The molecule has 0 heterocycles. The minimum absolute atomic E-state index is 0.231. The zero-order valence-corrected chi connectivity index (χ0v) is 12.9. The summed E-state index contributed by atoms with van der Waals surface area (Å²) in [6.45, 7) is 1.94. The van der Waals surface area contributed by atoms with Gasteiger partial charge < -0.3 is 0 Å². The molecule has 0 spiro atoms. The van der Waals surface area contributed by atoms with Gasteiger partial charge in [0.1, 0.15) is 5.82 Å². The van der Waals surface area contributed by atoms with E-state index in [0.29, 0.717) is 10.4 Å². The van der Waals surface area contributed by atoms with Gasteiger partial charge in [0.25, 0.3) is 0 Å². The molecule has 0 aromatic heterocycles. The number of aryl methyl sites for hydroxylation is 1. The Kier molecular flexibility index (Phi) is 3.88. The third-order valence-corrected chi connectivity index (χ3v) is 4.56. The second kappa shape index (κ2) is 5.67. The third kappa shape index (κ3) is 2.64. The van der Waals surface area contributed by atoms with Gasteiger partial charge in [0.2, 0.25) is 0 Å². The van der Waals surface area contributed by atoms with Crippen LogP contribution < -0.4 is 0 Å². The molecule has 21 heavy (non-hydrogen) atoms. The van der Waals surface area contributed by atoms with Gasteiger partial charge in [0.05, 0.1) is 5.38 Å². The zero-order chi connectivity index (χ0) is 15.0. The Bertz CT molecular complexity index is 811. The van der Waals surface area contributed by atoms with Crippen LogP contribution >= 0.6 is 23.2 Å². The van der Waals surface area contributed by atoms with Crippen molar-refractivity contribution in [3.63, 3.8) is 0 Å². The highest BCUT2D eigenvalue weighted by Gasteiger charge is 2.16. The Morgan fingerprint density at radius 3 is 2.38 bits per heavy atom. The van der Waals surface area contributed by atoms with Crippen LogP contribution in [0.15, 0.2) is 54.6 Å². The first kappa shape index (κ1) is 14.4. The van der Waals surface area contributed by atoms with E-state index >= 15 is 0 Å². The highest BCUT2D eigenvalue weighted by molar-refractivity contribution is 6.31. The van der Waals surface area contributed by atoms with Gasteiger partial charge in [-0.25, -0.2) is 4.39 Å². The first-order valence-electron chi connectivity index (χ1n) is 6.65. The first-order chi connectivity index (χ1) is 10.1. The Hall–Kier alpha value is -1.57. The van der Waals surface area contributed by atoms with Gasteiger partial charge in [0, 0.05) is 10.4 Å². The van der Waals surface area contributed by atoms with Crippen LogP contribution in [0.3, 0.4) is 0 Å². The number of halogens is 3. The molecule has 0 nitrogen and oxygen atoms in total. The average molecular weight is 319 g/mol. The van der Waals surface area contributed by atoms with E-state index in [2.05, 4.69) is 0 Å². The van der Waals surface area contributed by atoms with Crippen molar-refractivity contribution in [3.8, 4) is 0 Å². The molecule has 0 saturated carbocycles. The SMILES string of the molecule is Cc1cc(C(Cl)c2ccc(F)c3ccccc23)ccc1Cl. The minimum atomic E-state index is -0.341. The van der Waals surface area contributed by atoms with Gasteiger partial charge in [-0.1, -0.05) is 54.1 Å². The van der Waals surface area contributed by atoms with Crippen LogP contribution in [0.25, 0.3) is 10.8 Å². The first-order valence-corrected chi connectivity index (χ1v) is 7.46. The molecule has 0 aliphatic heterocycles. The van der Waals surface area contributed by atoms with Gasteiger partial charge in [-0.3, -0.25) is 0 Å². The monoisotopic (exact) mass is 318 g/mol. The molecule has 0 amide bonds. The van der Waals surface area contributed by atoms with Crippen LogP contribution in [0.1, 0.15) is 22.1 Å². The highest BCUT2D eigenvalue weighted by atomic mass is 35.5. The van der Waals surface area contributed by atoms with E-state index in [-0.39, 0.29) is 11.2 Å². The summed E-state index contributed by atoms with van der Waals surface area (Å²) < 4.78 is 13.9. The second-order valence-corrected chi connectivity index (χ2v) is 5.90. The molecule has 3 aromatic rings. The Balaban J connectivity index is 2.15. The quantitative estimate of drug-likeness (QED) is 0.488. The number of alkyl halides is 1. The summed E-state index contributed by atoms with van der Waals surface area (Å²) in [4.78, 5) is 0. The van der Waals surface area contributed by atoms with E-state index < -0.39 is 0 Å². The number of fused-ring (bicyclic) bond motifs is 1. The van der Waals surface area contributed by atoms with Crippen molar-refractivity contribution < 1.29 is 4.39 Å². The van der Waals surface area contributed by atoms with E-state index in [0.717, 1.165) is 22.1 Å². The van der Waals surface area contributed by atoms with Gasteiger partial charge in [0.15, 0.2) is 0 Å². The Labute approximate surface area is 133 Å². The fourth-order valence-electron chi connectivity index (χ4n) is 2.51. The lowest BCUT2D eigenvalue weighted by atomic mass is 9.97. The summed E-state index contributed by atoms with van der Waals surface area (Å²) in [6.07, 6.45) is 0. The molecular formula is C18H13Cl2F. The summed E-state index contributed by atoms with van der Waals surface area (Å²) >= 11 is 12.7. The number of hydrogen-bond donors (Lipinski definition) is 0. The standard InChI is InChI=1S/C18H13Cl2F/c1-11-10-12(6-8-16(11)19)18(20)15-7-9-17(21)14-5-3-2-4-13(14)15/h2-10,18H,1H3. The number of benzene rings is 3. The van der Waals surface area contributed by atoms with E-state index in [1.807, 2.05) is 43.3 Å². The molecular weight excluding hydrogens is 306 g/mol. The van der Waals surface area contributed by atoms with Crippen LogP contribution in [-0.2, 0) is 0 Å². The average Bonchev–Trinajstić information content (AvgIpc) is 2.50. The fourth-order valence-corrected chi connectivity index (χ4v) is 2.96. The smallest absolute Gasteiger partial charge is 0.131 e. The lowest BCUT2D eigenvalue weighted by molar-refractivity contribution is 0.639. The molecule has 0 bridgehead atoms. The van der Waals surface area contributed by atoms with Gasteiger partial charge >= 0.3 is 0 Å². The summed E-state index contributed by atoms with van der Waals surface area (Å²) in [7, 11) is 0. The van der Waals surface area contributed by atoms with E-state index in [1.165, 1.54) is 6.07 Å². The zero-order valence-electron chi connectivity index (χ0n) is 11.4. The predicted octanol–water partition coefficient (Wildman–Crippen LogP) is 6.27. The maximum Gasteiger partial charge on any atom is 0.131 e.